The summed E-state index contributed by atoms with van der Waals surface area (Å²) in [5.74, 6) is -2.88. The summed E-state index contributed by atoms with van der Waals surface area (Å²) in [6, 6.07) is 0. The van der Waals surface area contributed by atoms with E-state index in [2.05, 4.69) is 0 Å². The molecule has 11 heteroatoms. The van der Waals surface area contributed by atoms with Crippen molar-refractivity contribution in [1.82, 2.24) is 4.72 Å². The number of hydrogen-bond acceptors (Lipinski definition) is 6. The lowest BCUT2D eigenvalue weighted by Gasteiger charge is -2.05. The minimum Gasteiger partial charge on any atom is -0.481 e. The summed E-state index contributed by atoms with van der Waals surface area (Å²) in [5.41, 5.74) is 0. The van der Waals surface area contributed by atoms with Gasteiger partial charge in [0, 0.05) is 12.8 Å². The highest BCUT2D eigenvalue weighted by atomic mass is 32.2. The topological polar surface area (TPSA) is 161 Å². The van der Waals surface area contributed by atoms with Crippen molar-refractivity contribution >= 4 is 31.9 Å². The maximum absolute atomic E-state index is 11.3. The Morgan fingerprint density at radius 2 is 1.53 bits per heavy atom. The van der Waals surface area contributed by atoms with Gasteiger partial charge in [0.15, 0.2) is 0 Å². The zero-order chi connectivity index (χ0) is 15.1. The van der Waals surface area contributed by atoms with Gasteiger partial charge in [-0.25, -0.2) is 22.0 Å². The SMILES string of the molecule is NS(=O)(=O)CCCC(=O)NS(=O)(=O)CCCC(=O)O. The predicted octanol–water partition coefficient (Wildman–Crippen LogP) is -1.63. The zero-order valence-corrected chi connectivity index (χ0v) is 11.7. The van der Waals surface area contributed by atoms with E-state index in [9.17, 15) is 26.4 Å². The number of sulfonamides is 2. The maximum Gasteiger partial charge on any atom is 0.303 e. The molecule has 1 amide bonds. The van der Waals surface area contributed by atoms with Gasteiger partial charge >= 0.3 is 5.97 Å². The highest BCUT2D eigenvalue weighted by Gasteiger charge is 2.15. The highest BCUT2D eigenvalue weighted by molar-refractivity contribution is 7.90. The summed E-state index contributed by atoms with van der Waals surface area (Å²) in [5, 5.41) is 13.0. The Morgan fingerprint density at radius 1 is 1.00 bits per heavy atom. The van der Waals surface area contributed by atoms with Crippen LogP contribution in [-0.4, -0.2) is 45.3 Å². The lowest BCUT2D eigenvalue weighted by atomic mass is 10.3. The fourth-order valence-electron chi connectivity index (χ4n) is 1.12. The van der Waals surface area contributed by atoms with Crippen LogP contribution >= 0.6 is 0 Å². The molecule has 0 aromatic carbocycles. The molecule has 0 rings (SSSR count). The second kappa shape index (κ2) is 7.40. The average molecular weight is 316 g/mol. The minimum absolute atomic E-state index is 0.0880. The Hall–Kier alpha value is -1.20. The molecule has 0 aromatic heterocycles. The molecule has 0 aliphatic heterocycles. The lowest BCUT2D eigenvalue weighted by molar-refractivity contribution is -0.137. The number of nitrogens with two attached hydrogens (primary N) is 1. The van der Waals surface area contributed by atoms with E-state index in [-0.39, 0.29) is 25.7 Å². The van der Waals surface area contributed by atoms with Gasteiger partial charge in [0.2, 0.25) is 26.0 Å². The standard InChI is InChI=1S/C8H16N2O7S2/c9-18(14,15)5-1-3-7(11)10-19(16,17)6-2-4-8(12)13/h1-6H2,(H,10,11)(H,12,13)(H2,9,14,15). The van der Waals surface area contributed by atoms with Crippen molar-refractivity contribution in [2.75, 3.05) is 11.5 Å². The third-order valence-corrected chi connectivity index (χ3v) is 4.13. The van der Waals surface area contributed by atoms with Crippen molar-refractivity contribution in [1.29, 1.82) is 0 Å². The van der Waals surface area contributed by atoms with Crippen LogP contribution in [0.15, 0.2) is 0 Å². The highest BCUT2D eigenvalue weighted by Crippen LogP contribution is 1.98. The number of carboxylic acids is 1. The van der Waals surface area contributed by atoms with E-state index < -0.39 is 43.4 Å². The molecule has 9 nitrogen and oxygen atoms in total. The van der Waals surface area contributed by atoms with E-state index in [1.807, 2.05) is 0 Å². The average Bonchev–Trinajstić information content (AvgIpc) is 2.12. The summed E-state index contributed by atoms with van der Waals surface area (Å²) < 4.78 is 45.5. The molecule has 4 N–H and O–H groups in total. The van der Waals surface area contributed by atoms with Gasteiger partial charge in [0.1, 0.15) is 0 Å². The van der Waals surface area contributed by atoms with Gasteiger partial charge in [-0.1, -0.05) is 0 Å². The molecule has 0 heterocycles. The van der Waals surface area contributed by atoms with Crippen molar-refractivity contribution in [3.63, 3.8) is 0 Å². The smallest absolute Gasteiger partial charge is 0.303 e. The maximum atomic E-state index is 11.3. The molecule has 0 radical (unpaired) electrons. The van der Waals surface area contributed by atoms with Crippen molar-refractivity contribution in [3.05, 3.63) is 0 Å². The van der Waals surface area contributed by atoms with Crippen molar-refractivity contribution < 1.29 is 31.5 Å². The number of nitrogens with one attached hydrogen (secondary N) is 1. The molecule has 112 valence electrons. The van der Waals surface area contributed by atoms with Crippen LogP contribution < -0.4 is 9.86 Å². The second-order valence-corrected chi connectivity index (χ2v) is 7.39. The summed E-state index contributed by atoms with van der Waals surface area (Å²) in [4.78, 5) is 21.4. The summed E-state index contributed by atoms with van der Waals surface area (Å²) in [6.45, 7) is 0. The van der Waals surface area contributed by atoms with Crippen LogP contribution in [-0.2, 0) is 29.6 Å². The third-order valence-electron chi connectivity index (χ3n) is 1.91. The van der Waals surface area contributed by atoms with E-state index in [4.69, 9.17) is 10.2 Å². The molecule has 0 spiro atoms. The summed E-state index contributed by atoms with van der Waals surface area (Å²) in [6.07, 6.45) is -0.820. The van der Waals surface area contributed by atoms with Crippen LogP contribution in [0.3, 0.4) is 0 Å². The predicted molar refractivity (Wildman–Crippen MR) is 66.0 cm³/mol. The van der Waals surface area contributed by atoms with Crippen molar-refractivity contribution in [2.24, 2.45) is 5.14 Å². The van der Waals surface area contributed by atoms with Crippen LogP contribution in [0, 0.1) is 0 Å². The van der Waals surface area contributed by atoms with Gasteiger partial charge in [-0.2, -0.15) is 0 Å². The Balaban J connectivity index is 4.06. The van der Waals surface area contributed by atoms with Gasteiger partial charge in [-0.3, -0.25) is 14.3 Å². The molecule has 0 atom stereocenters. The third kappa shape index (κ3) is 11.6. The molecular weight excluding hydrogens is 300 g/mol. The minimum atomic E-state index is -3.89. The van der Waals surface area contributed by atoms with Gasteiger partial charge in [0.25, 0.3) is 0 Å². The van der Waals surface area contributed by atoms with Gasteiger partial charge < -0.3 is 5.11 Å². The fraction of sp³-hybridized carbons (Fsp3) is 0.750. The van der Waals surface area contributed by atoms with E-state index >= 15 is 0 Å². The first-order valence-electron chi connectivity index (χ1n) is 5.27. The van der Waals surface area contributed by atoms with Crippen LogP contribution in [0.1, 0.15) is 25.7 Å². The number of aliphatic carboxylic acids is 1. The van der Waals surface area contributed by atoms with E-state index in [0.29, 0.717) is 0 Å². The largest absolute Gasteiger partial charge is 0.481 e. The fourth-order valence-corrected chi connectivity index (χ4v) is 2.74. The number of amides is 1. The quantitative estimate of drug-likeness (QED) is 0.460. The molecule has 0 aliphatic rings. The molecule has 0 fully saturated rings. The van der Waals surface area contributed by atoms with Crippen LogP contribution in [0.5, 0.6) is 0 Å². The monoisotopic (exact) mass is 316 g/mol. The summed E-state index contributed by atoms with van der Waals surface area (Å²) >= 11 is 0. The Bertz CT molecular complexity index is 523. The molecule has 19 heavy (non-hydrogen) atoms. The molecular formula is C8H16N2O7S2. The second-order valence-electron chi connectivity index (χ2n) is 3.81. The summed E-state index contributed by atoms with van der Waals surface area (Å²) in [7, 11) is -7.57. The van der Waals surface area contributed by atoms with E-state index in [0.717, 1.165) is 0 Å². The normalized spacial score (nSPS) is 12.1. The molecule has 0 aromatic rings. The van der Waals surface area contributed by atoms with Crippen LogP contribution in [0.2, 0.25) is 0 Å². The Kier molecular flexibility index (Phi) is 6.94. The van der Waals surface area contributed by atoms with E-state index in [1.165, 1.54) is 0 Å². The van der Waals surface area contributed by atoms with Crippen molar-refractivity contribution in [3.8, 4) is 0 Å². The zero-order valence-electron chi connectivity index (χ0n) is 10.0. The molecule has 0 bridgehead atoms. The first kappa shape index (κ1) is 17.8. The molecule has 0 saturated heterocycles. The first-order valence-corrected chi connectivity index (χ1v) is 8.64. The van der Waals surface area contributed by atoms with Gasteiger partial charge in [-0.05, 0) is 12.8 Å². The molecule has 0 unspecified atom stereocenters. The van der Waals surface area contributed by atoms with Crippen molar-refractivity contribution in [2.45, 2.75) is 25.7 Å². The van der Waals surface area contributed by atoms with Gasteiger partial charge in [-0.15, -0.1) is 0 Å². The van der Waals surface area contributed by atoms with Gasteiger partial charge in [0.05, 0.1) is 11.5 Å². The number of rotatable bonds is 9. The Morgan fingerprint density at radius 3 is 2.00 bits per heavy atom. The number of carbonyl (C=O) groups is 2. The van der Waals surface area contributed by atoms with E-state index in [1.54, 1.807) is 4.72 Å². The molecule has 0 aliphatic carbocycles. The van der Waals surface area contributed by atoms with Crippen LogP contribution in [0.4, 0.5) is 0 Å². The van der Waals surface area contributed by atoms with Crippen LogP contribution in [0.25, 0.3) is 0 Å². The molecule has 0 saturated carbocycles. The number of carbonyl (C=O) groups excluding carboxylic acids is 1. The lowest BCUT2D eigenvalue weighted by Crippen LogP contribution is -2.33. The number of carboxylic acid groups (broad SMARTS) is 1. The number of primary sulfonamides is 1. The Labute approximate surface area is 111 Å². The first-order chi connectivity index (χ1) is 8.52. The number of hydrogen-bond donors (Lipinski definition) is 3.